The first kappa shape index (κ1) is 20.4. The van der Waals surface area contributed by atoms with Crippen LogP contribution in [-0.4, -0.2) is 55.5 Å². The summed E-state index contributed by atoms with van der Waals surface area (Å²) in [5.41, 5.74) is 4.76. The number of hydrogen-bond acceptors (Lipinski definition) is 4. The van der Waals surface area contributed by atoms with Crippen LogP contribution in [0.1, 0.15) is 18.4 Å². The highest BCUT2D eigenvalue weighted by Crippen LogP contribution is 2.36. The molecule has 0 spiro atoms. The zero-order valence-electron chi connectivity index (χ0n) is 17.1. The maximum Gasteiger partial charge on any atom is 0.318 e. The fourth-order valence-corrected chi connectivity index (χ4v) is 5.11. The zero-order valence-corrected chi connectivity index (χ0v) is 17.9. The molecular weight excluding hydrogens is 402 g/mol. The minimum Gasteiger partial charge on any atom is -0.480 e. The number of aromatic amines is 1. The van der Waals surface area contributed by atoms with Crippen LogP contribution in [0.5, 0.6) is 0 Å². The Morgan fingerprint density at radius 3 is 2.57 bits per heavy atom. The van der Waals surface area contributed by atoms with E-state index in [1.807, 2.05) is 31.2 Å². The van der Waals surface area contributed by atoms with Crippen LogP contribution in [0.15, 0.2) is 47.4 Å². The van der Waals surface area contributed by atoms with Gasteiger partial charge < -0.3 is 15.0 Å². The van der Waals surface area contributed by atoms with Crippen molar-refractivity contribution >= 4 is 32.6 Å². The molecule has 2 N–H and O–H groups in total. The number of carboxylic acids is 1. The standard InChI is InChI=1S/C22H25N3O4S/c1-15-5-6-16-12-20(23-19(16)11-15)18-13-17(30(28,29)24(2)14-22(26)27)7-8-21(18)25-9-3-4-10-25/h5-8,11-13,23H,3-4,9-10,14H2,1-2H3,(H,26,27). The zero-order chi connectivity index (χ0) is 21.5. The number of aliphatic carboxylic acids is 1. The number of nitrogens with zero attached hydrogens (tertiary/aromatic N) is 2. The second-order valence-electron chi connectivity index (χ2n) is 7.80. The van der Waals surface area contributed by atoms with Crippen molar-refractivity contribution in [2.75, 3.05) is 31.6 Å². The highest BCUT2D eigenvalue weighted by Gasteiger charge is 2.26. The summed E-state index contributed by atoms with van der Waals surface area (Å²) >= 11 is 0. The van der Waals surface area contributed by atoms with Crippen molar-refractivity contribution in [1.29, 1.82) is 0 Å². The van der Waals surface area contributed by atoms with Gasteiger partial charge in [-0.3, -0.25) is 4.79 Å². The monoisotopic (exact) mass is 427 g/mol. The highest BCUT2D eigenvalue weighted by atomic mass is 32.2. The molecule has 3 aromatic rings. The van der Waals surface area contributed by atoms with Crippen LogP contribution in [0.2, 0.25) is 0 Å². The van der Waals surface area contributed by atoms with Gasteiger partial charge in [0.1, 0.15) is 6.54 Å². The van der Waals surface area contributed by atoms with Crippen LogP contribution >= 0.6 is 0 Å². The third-order valence-corrected chi connectivity index (χ3v) is 7.35. The Kier molecular flexibility index (Phi) is 5.29. The van der Waals surface area contributed by atoms with Gasteiger partial charge in [0.25, 0.3) is 0 Å². The number of benzene rings is 2. The first-order valence-corrected chi connectivity index (χ1v) is 11.4. The van der Waals surface area contributed by atoms with E-state index < -0.39 is 22.5 Å². The number of carboxylic acid groups (broad SMARTS) is 1. The molecule has 0 aliphatic carbocycles. The van der Waals surface area contributed by atoms with E-state index in [2.05, 4.69) is 16.0 Å². The van der Waals surface area contributed by atoms with E-state index in [0.29, 0.717) is 0 Å². The number of hydrogen-bond donors (Lipinski definition) is 2. The molecule has 7 nitrogen and oxygen atoms in total. The van der Waals surface area contributed by atoms with E-state index in [4.69, 9.17) is 5.11 Å². The van der Waals surface area contributed by atoms with Crippen molar-refractivity contribution < 1.29 is 18.3 Å². The van der Waals surface area contributed by atoms with E-state index in [0.717, 1.165) is 63.6 Å². The number of nitrogens with one attached hydrogen (secondary N) is 1. The SMILES string of the molecule is Cc1ccc2cc(-c3cc(S(=O)(=O)N(C)CC(=O)O)ccc3N3CCCC3)[nH]c2c1. The lowest BCUT2D eigenvalue weighted by Gasteiger charge is -2.23. The molecule has 8 heteroatoms. The minimum absolute atomic E-state index is 0.0824. The number of anilines is 1. The first-order chi connectivity index (χ1) is 14.3. The molecule has 0 unspecified atom stereocenters. The topological polar surface area (TPSA) is 93.7 Å². The number of fused-ring (bicyclic) bond motifs is 1. The van der Waals surface area contributed by atoms with E-state index in [9.17, 15) is 13.2 Å². The van der Waals surface area contributed by atoms with E-state index in [1.54, 1.807) is 12.1 Å². The third-order valence-electron chi connectivity index (χ3n) is 5.55. The molecule has 0 saturated carbocycles. The number of aryl methyl sites for hydroxylation is 1. The lowest BCUT2D eigenvalue weighted by atomic mass is 10.1. The number of likely N-dealkylation sites (N-methyl/N-ethyl adjacent to an activating group) is 1. The summed E-state index contributed by atoms with van der Waals surface area (Å²) in [7, 11) is -2.64. The molecule has 2 heterocycles. The quantitative estimate of drug-likeness (QED) is 0.628. The summed E-state index contributed by atoms with van der Waals surface area (Å²) in [6.07, 6.45) is 2.21. The highest BCUT2D eigenvalue weighted by molar-refractivity contribution is 7.89. The Hall–Kier alpha value is -2.84. The molecule has 158 valence electrons. The number of aromatic nitrogens is 1. The fraction of sp³-hybridized carbons (Fsp3) is 0.318. The predicted octanol–water partition coefficient (Wildman–Crippen LogP) is 3.45. The molecule has 1 saturated heterocycles. The number of sulfonamides is 1. The molecule has 0 bridgehead atoms. The molecule has 4 rings (SSSR count). The predicted molar refractivity (Wildman–Crippen MR) is 117 cm³/mol. The molecule has 0 atom stereocenters. The Morgan fingerprint density at radius 1 is 1.13 bits per heavy atom. The van der Waals surface area contributed by atoms with Gasteiger partial charge in [-0.2, -0.15) is 4.31 Å². The largest absolute Gasteiger partial charge is 0.480 e. The van der Waals surface area contributed by atoms with Crippen molar-refractivity contribution in [2.45, 2.75) is 24.7 Å². The van der Waals surface area contributed by atoms with Gasteiger partial charge in [0.2, 0.25) is 10.0 Å². The lowest BCUT2D eigenvalue weighted by Crippen LogP contribution is -2.32. The second-order valence-corrected chi connectivity index (χ2v) is 9.85. The summed E-state index contributed by atoms with van der Waals surface area (Å²) in [6, 6.07) is 13.2. The Labute approximate surface area is 176 Å². The second kappa shape index (κ2) is 7.77. The lowest BCUT2D eigenvalue weighted by molar-refractivity contribution is -0.137. The van der Waals surface area contributed by atoms with Gasteiger partial charge in [0.15, 0.2) is 0 Å². The van der Waals surface area contributed by atoms with Crippen molar-refractivity contribution in [3.8, 4) is 11.3 Å². The average Bonchev–Trinajstić information content (AvgIpc) is 3.36. The van der Waals surface area contributed by atoms with Gasteiger partial charge in [-0.05, 0) is 55.7 Å². The maximum atomic E-state index is 12.9. The Balaban J connectivity index is 1.85. The summed E-state index contributed by atoms with van der Waals surface area (Å²) < 4.78 is 26.7. The molecule has 30 heavy (non-hydrogen) atoms. The van der Waals surface area contributed by atoms with Gasteiger partial charge in [-0.25, -0.2) is 8.42 Å². The average molecular weight is 428 g/mol. The van der Waals surface area contributed by atoms with Crippen molar-refractivity contribution in [1.82, 2.24) is 9.29 Å². The van der Waals surface area contributed by atoms with Gasteiger partial charge in [-0.1, -0.05) is 12.1 Å². The number of H-pyrrole nitrogens is 1. The van der Waals surface area contributed by atoms with Crippen molar-refractivity contribution in [3.05, 3.63) is 48.0 Å². The maximum absolute atomic E-state index is 12.9. The molecular formula is C22H25N3O4S. The molecule has 1 aliphatic rings. The molecule has 1 fully saturated rings. The Bertz CT molecular complexity index is 1210. The fourth-order valence-electron chi connectivity index (χ4n) is 3.97. The van der Waals surface area contributed by atoms with Crippen LogP contribution in [0, 0.1) is 6.92 Å². The smallest absolute Gasteiger partial charge is 0.318 e. The molecule has 1 aliphatic heterocycles. The summed E-state index contributed by atoms with van der Waals surface area (Å²) in [6.45, 7) is 3.30. The van der Waals surface area contributed by atoms with Crippen LogP contribution in [0.4, 0.5) is 5.69 Å². The van der Waals surface area contributed by atoms with E-state index in [1.165, 1.54) is 7.05 Å². The Morgan fingerprint density at radius 2 is 1.87 bits per heavy atom. The normalized spacial score (nSPS) is 14.7. The summed E-state index contributed by atoms with van der Waals surface area (Å²) in [5, 5.41) is 10.1. The summed E-state index contributed by atoms with van der Waals surface area (Å²) in [5.74, 6) is -1.19. The molecule has 0 radical (unpaired) electrons. The van der Waals surface area contributed by atoms with Gasteiger partial charge in [0.05, 0.1) is 4.90 Å². The van der Waals surface area contributed by atoms with Gasteiger partial charge in [0, 0.05) is 48.0 Å². The molecule has 2 aromatic carbocycles. The minimum atomic E-state index is -3.92. The van der Waals surface area contributed by atoms with Crippen molar-refractivity contribution in [2.24, 2.45) is 0 Å². The van der Waals surface area contributed by atoms with E-state index in [-0.39, 0.29) is 4.90 Å². The van der Waals surface area contributed by atoms with E-state index >= 15 is 0 Å². The molecule has 0 amide bonds. The van der Waals surface area contributed by atoms with Crippen LogP contribution < -0.4 is 4.90 Å². The third kappa shape index (κ3) is 3.80. The van der Waals surface area contributed by atoms with Crippen molar-refractivity contribution in [3.63, 3.8) is 0 Å². The first-order valence-electron chi connectivity index (χ1n) is 9.92. The van der Waals surface area contributed by atoms with Crippen LogP contribution in [0.25, 0.3) is 22.2 Å². The number of rotatable bonds is 6. The number of carbonyl (C=O) groups is 1. The molecule has 1 aromatic heterocycles. The van der Waals surface area contributed by atoms with Crippen LogP contribution in [0.3, 0.4) is 0 Å². The van der Waals surface area contributed by atoms with Gasteiger partial charge in [-0.15, -0.1) is 0 Å². The van der Waals surface area contributed by atoms with Gasteiger partial charge >= 0.3 is 5.97 Å². The summed E-state index contributed by atoms with van der Waals surface area (Å²) in [4.78, 5) is 16.8. The van der Waals surface area contributed by atoms with Crippen LogP contribution in [-0.2, 0) is 14.8 Å².